The lowest BCUT2D eigenvalue weighted by Gasteiger charge is -2.26. The van der Waals surface area contributed by atoms with Crippen LogP contribution in [0, 0.1) is 0 Å². The van der Waals surface area contributed by atoms with Gasteiger partial charge in [-0.05, 0) is 25.0 Å². The molecule has 0 atom stereocenters. The first kappa shape index (κ1) is 14.7. The molecule has 116 valence electrons. The number of carbonyl (C=O) groups excluding carboxylic acids is 2. The molecule has 0 saturated carbocycles. The number of ether oxygens (including phenoxy) is 1. The number of rotatable bonds is 4. The van der Waals surface area contributed by atoms with Crippen molar-refractivity contribution in [2.75, 3.05) is 26.3 Å². The van der Waals surface area contributed by atoms with Gasteiger partial charge in [0.2, 0.25) is 5.91 Å². The zero-order valence-corrected chi connectivity index (χ0v) is 12.6. The summed E-state index contributed by atoms with van der Waals surface area (Å²) in [6, 6.07) is 3.84. The number of nitrogens with zero attached hydrogens (tertiary/aromatic N) is 3. The first-order valence-corrected chi connectivity index (χ1v) is 7.48. The molecule has 0 aliphatic carbocycles. The summed E-state index contributed by atoms with van der Waals surface area (Å²) in [4.78, 5) is 25.5. The number of pyridine rings is 1. The summed E-state index contributed by atoms with van der Waals surface area (Å²) in [6.45, 7) is 4.14. The molecule has 2 aromatic heterocycles. The second-order valence-electron chi connectivity index (χ2n) is 5.47. The fraction of sp³-hybridized carbons (Fsp3) is 0.438. The standard InChI is InChI=1S/C16H19N3O3/c1-12(20)14-10-17-19-11-13(2-4-15(14)19)3-5-16(21)18-6-8-22-9-7-18/h2,4,10-11H,3,5-9H2,1H3. The molecule has 3 rings (SSSR count). The van der Waals surface area contributed by atoms with Crippen LogP contribution >= 0.6 is 0 Å². The van der Waals surface area contributed by atoms with E-state index in [1.807, 2.05) is 23.2 Å². The number of ketones is 1. The van der Waals surface area contributed by atoms with Gasteiger partial charge >= 0.3 is 0 Å². The van der Waals surface area contributed by atoms with Crippen molar-refractivity contribution in [2.24, 2.45) is 0 Å². The molecule has 0 spiro atoms. The number of Topliss-reactive ketones (excluding diaryl/α,β-unsaturated/α-hetero) is 1. The third kappa shape index (κ3) is 3.01. The highest BCUT2D eigenvalue weighted by molar-refractivity contribution is 6.00. The highest BCUT2D eigenvalue weighted by atomic mass is 16.5. The van der Waals surface area contributed by atoms with E-state index in [1.165, 1.54) is 6.92 Å². The highest BCUT2D eigenvalue weighted by Gasteiger charge is 2.16. The number of aryl methyl sites for hydroxylation is 1. The quantitative estimate of drug-likeness (QED) is 0.799. The van der Waals surface area contributed by atoms with Crippen LogP contribution in [0.15, 0.2) is 24.5 Å². The van der Waals surface area contributed by atoms with Gasteiger partial charge in [0.05, 0.1) is 30.5 Å². The third-order valence-electron chi connectivity index (χ3n) is 3.95. The van der Waals surface area contributed by atoms with Gasteiger partial charge in [-0.1, -0.05) is 6.07 Å². The Balaban J connectivity index is 1.66. The van der Waals surface area contributed by atoms with E-state index < -0.39 is 0 Å². The van der Waals surface area contributed by atoms with E-state index in [0.29, 0.717) is 44.7 Å². The van der Waals surface area contributed by atoms with E-state index in [9.17, 15) is 9.59 Å². The smallest absolute Gasteiger partial charge is 0.223 e. The highest BCUT2D eigenvalue weighted by Crippen LogP contribution is 2.14. The molecule has 1 aliphatic heterocycles. The number of hydrogen-bond donors (Lipinski definition) is 0. The van der Waals surface area contributed by atoms with Crippen LogP contribution in [0.5, 0.6) is 0 Å². The van der Waals surface area contributed by atoms with Gasteiger partial charge in [0.1, 0.15) is 0 Å². The van der Waals surface area contributed by atoms with Crippen LogP contribution in [0.2, 0.25) is 0 Å². The minimum Gasteiger partial charge on any atom is -0.378 e. The van der Waals surface area contributed by atoms with Crippen molar-refractivity contribution >= 4 is 17.2 Å². The van der Waals surface area contributed by atoms with Gasteiger partial charge in [-0.15, -0.1) is 0 Å². The molecule has 22 heavy (non-hydrogen) atoms. The summed E-state index contributed by atoms with van der Waals surface area (Å²) in [5.74, 6) is 0.165. The molecule has 1 fully saturated rings. The van der Waals surface area contributed by atoms with Crippen molar-refractivity contribution in [3.05, 3.63) is 35.7 Å². The van der Waals surface area contributed by atoms with Gasteiger partial charge in [0, 0.05) is 25.7 Å². The van der Waals surface area contributed by atoms with Gasteiger partial charge in [-0.25, -0.2) is 4.52 Å². The fourth-order valence-corrected chi connectivity index (χ4v) is 2.67. The number of hydrogen-bond acceptors (Lipinski definition) is 4. The first-order valence-electron chi connectivity index (χ1n) is 7.48. The predicted octanol–water partition coefficient (Wildman–Crippen LogP) is 1.33. The van der Waals surface area contributed by atoms with Crippen molar-refractivity contribution in [3.63, 3.8) is 0 Å². The molecule has 2 aromatic rings. The number of aromatic nitrogens is 2. The van der Waals surface area contributed by atoms with E-state index in [4.69, 9.17) is 4.74 Å². The molecule has 0 aromatic carbocycles. The van der Waals surface area contributed by atoms with Gasteiger partial charge in [-0.2, -0.15) is 5.10 Å². The normalized spacial score (nSPS) is 15.2. The van der Waals surface area contributed by atoms with Crippen molar-refractivity contribution in [2.45, 2.75) is 19.8 Å². The predicted molar refractivity (Wildman–Crippen MR) is 80.9 cm³/mol. The molecule has 0 unspecified atom stereocenters. The molecule has 1 aliphatic rings. The van der Waals surface area contributed by atoms with E-state index >= 15 is 0 Å². The Bertz CT molecular complexity index is 702. The Hall–Kier alpha value is -2.21. The molecule has 0 N–H and O–H groups in total. The lowest BCUT2D eigenvalue weighted by atomic mass is 10.1. The molecule has 6 nitrogen and oxygen atoms in total. The molecule has 0 bridgehead atoms. The first-order chi connectivity index (χ1) is 10.6. The fourth-order valence-electron chi connectivity index (χ4n) is 2.67. The molecular weight excluding hydrogens is 282 g/mol. The summed E-state index contributed by atoms with van der Waals surface area (Å²) in [7, 11) is 0. The maximum Gasteiger partial charge on any atom is 0.223 e. The molecular formula is C16H19N3O3. The number of morpholine rings is 1. The van der Waals surface area contributed by atoms with Crippen LogP contribution < -0.4 is 0 Å². The zero-order chi connectivity index (χ0) is 15.5. The summed E-state index contributed by atoms with van der Waals surface area (Å²) in [5.41, 5.74) is 2.46. The summed E-state index contributed by atoms with van der Waals surface area (Å²) in [6.07, 6.45) is 4.61. The van der Waals surface area contributed by atoms with E-state index in [1.54, 1.807) is 10.7 Å². The molecule has 6 heteroatoms. The minimum absolute atomic E-state index is 0.00486. The lowest BCUT2D eigenvalue weighted by Crippen LogP contribution is -2.40. The van der Waals surface area contributed by atoms with Gasteiger partial charge in [0.25, 0.3) is 0 Å². The maximum absolute atomic E-state index is 12.1. The van der Waals surface area contributed by atoms with E-state index in [0.717, 1.165) is 11.1 Å². The zero-order valence-electron chi connectivity index (χ0n) is 12.6. The van der Waals surface area contributed by atoms with Crippen molar-refractivity contribution in [3.8, 4) is 0 Å². The monoisotopic (exact) mass is 301 g/mol. The summed E-state index contributed by atoms with van der Waals surface area (Å²) in [5, 5.41) is 4.20. The average molecular weight is 301 g/mol. The Labute approximate surface area is 128 Å². The van der Waals surface area contributed by atoms with Crippen LogP contribution in [-0.4, -0.2) is 52.5 Å². The second-order valence-corrected chi connectivity index (χ2v) is 5.47. The van der Waals surface area contributed by atoms with Crippen molar-refractivity contribution < 1.29 is 14.3 Å². The molecule has 1 saturated heterocycles. The molecule has 1 amide bonds. The van der Waals surface area contributed by atoms with Crippen LogP contribution in [0.3, 0.4) is 0 Å². The van der Waals surface area contributed by atoms with Gasteiger partial charge in [-0.3, -0.25) is 9.59 Å². The Morgan fingerprint density at radius 1 is 1.27 bits per heavy atom. The SMILES string of the molecule is CC(=O)c1cnn2cc(CCC(=O)N3CCOCC3)ccc12. The lowest BCUT2D eigenvalue weighted by molar-refractivity contribution is -0.135. The topological polar surface area (TPSA) is 63.9 Å². The summed E-state index contributed by atoms with van der Waals surface area (Å²) >= 11 is 0. The Morgan fingerprint density at radius 2 is 2.05 bits per heavy atom. The van der Waals surface area contributed by atoms with Gasteiger partial charge < -0.3 is 9.64 Å². The Morgan fingerprint density at radius 3 is 2.77 bits per heavy atom. The number of amides is 1. The van der Waals surface area contributed by atoms with Crippen LogP contribution in [0.1, 0.15) is 29.3 Å². The van der Waals surface area contributed by atoms with Crippen molar-refractivity contribution in [1.82, 2.24) is 14.5 Å². The van der Waals surface area contributed by atoms with Crippen molar-refractivity contribution in [1.29, 1.82) is 0 Å². The molecule has 0 radical (unpaired) electrons. The van der Waals surface area contributed by atoms with E-state index in [2.05, 4.69) is 5.10 Å². The largest absolute Gasteiger partial charge is 0.378 e. The number of carbonyl (C=O) groups is 2. The van der Waals surface area contributed by atoms with Crippen LogP contribution in [0.4, 0.5) is 0 Å². The average Bonchev–Trinajstić information content (AvgIpc) is 2.96. The van der Waals surface area contributed by atoms with Gasteiger partial charge in [0.15, 0.2) is 5.78 Å². The van der Waals surface area contributed by atoms with E-state index in [-0.39, 0.29) is 11.7 Å². The maximum atomic E-state index is 12.1. The summed E-state index contributed by atoms with van der Waals surface area (Å²) < 4.78 is 6.95. The van der Waals surface area contributed by atoms with Crippen LogP contribution in [0.25, 0.3) is 5.52 Å². The minimum atomic E-state index is 0.00486. The molecule has 3 heterocycles. The van der Waals surface area contributed by atoms with Crippen LogP contribution in [-0.2, 0) is 16.0 Å². The second kappa shape index (κ2) is 6.27. The number of fused-ring (bicyclic) bond motifs is 1. The Kier molecular flexibility index (Phi) is 4.20. The third-order valence-corrected chi connectivity index (χ3v) is 3.95.